The smallest absolute Gasteiger partial charge is 0.308 e. The van der Waals surface area contributed by atoms with Gasteiger partial charge in [0.05, 0.1) is 0 Å². The highest BCUT2D eigenvalue weighted by atomic mass is 16.5. The van der Waals surface area contributed by atoms with E-state index in [-0.39, 0.29) is 16.8 Å². The molecule has 26 heavy (non-hydrogen) atoms. The Balaban J connectivity index is 1.90. The number of hydrogen-bond donors (Lipinski definition) is 0. The third-order valence-electron chi connectivity index (χ3n) is 5.34. The topological polar surface area (TPSA) is 26.3 Å². The minimum Gasteiger partial charge on any atom is -0.427 e. The minimum absolute atomic E-state index is 0.209. The number of carbonyl (C=O) groups excluding carboxylic acids is 1. The van der Waals surface area contributed by atoms with Crippen molar-refractivity contribution in [3.05, 3.63) is 64.7 Å². The van der Waals surface area contributed by atoms with E-state index in [0.717, 1.165) is 5.56 Å². The van der Waals surface area contributed by atoms with Crippen LogP contribution in [0.2, 0.25) is 0 Å². The quantitative estimate of drug-likeness (QED) is 0.379. The first-order valence-corrected chi connectivity index (χ1v) is 9.21. The molecule has 0 unspecified atom stereocenters. The molecule has 0 aromatic heterocycles. The standard InChI is InChI=1S/C24H28O2/c1-16(13-18-7-10-20(11-8-18)26-17(2)25)19-9-12-21-22(14-19)24(5,6)15-23(21,3)4/h7-14H,15H2,1-6H3. The van der Waals surface area contributed by atoms with Gasteiger partial charge in [-0.2, -0.15) is 0 Å². The molecule has 0 heterocycles. The van der Waals surface area contributed by atoms with Crippen LogP contribution in [0.5, 0.6) is 5.75 Å². The third-order valence-corrected chi connectivity index (χ3v) is 5.34. The highest BCUT2D eigenvalue weighted by molar-refractivity contribution is 5.81. The number of fused-ring (bicyclic) bond motifs is 1. The number of hydrogen-bond acceptors (Lipinski definition) is 2. The van der Waals surface area contributed by atoms with E-state index in [2.05, 4.69) is 58.9 Å². The van der Waals surface area contributed by atoms with Crippen molar-refractivity contribution in [3.8, 4) is 5.75 Å². The molecule has 0 fully saturated rings. The normalized spacial score (nSPS) is 17.7. The fourth-order valence-corrected chi connectivity index (χ4v) is 4.37. The Kier molecular flexibility index (Phi) is 4.56. The molecule has 0 amide bonds. The van der Waals surface area contributed by atoms with E-state index in [1.807, 2.05) is 24.3 Å². The molecule has 0 aliphatic heterocycles. The average molecular weight is 348 g/mol. The van der Waals surface area contributed by atoms with Crippen LogP contribution in [-0.4, -0.2) is 5.97 Å². The van der Waals surface area contributed by atoms with Crippen molar-refractivity contribution in [2.75, 3.05) is 0 Å². The lowest BCUT2D eigenvalue weighted by atomic mass is 9.82. The zero-order valence-corrected chi connectivity index (χ0v) is 16.6. The van der Waals surface area contributed by atoms with Gasteiger partial charge in [-0.1, -0.05) is 64.1 Å². The molecule has 2 nitrogen and oxygen atoms in total. The van der Waals surface area contributed by atoms with Crippen LogP contribution in [-0.2, 0) is 15.6 Å². The summed E-state index contributed by atoms with van der Waals surface area (Å²) in [4.78, 5) is 11.0. The predicted molar refractivity (Wildman–Crippen MR) is 108 cm³/mol. The monoisotopic (exact) mass is 348 g/mol. The molecule has 2 aromatic carbocycles. The van der Waals surface area contributed by atoms with Gasteiger partial charge in [0.15, 0.2) is 0 Å². The van der Waals surface area contributed by atoms with E-state index >= 15 is 0 Å². The second kappa shape index (κ2) is 6.42. The third kappa shape index (κ3) is 3.60. The Hall–Kier alpha value is -2.35. The summed E-state index contributed by atoms with van der Waals surface area (Å²) in [6.07, 6.45) is 3.35. The molecule has 2 aromatic rings. The Bertz CT molecular complexity index is 868. The number of esters is 1. The second-order valence-electron chi connectivity index (χ2n) is 8.69. The Morgan fingerprint density at radius 3 is 2.15 bits per heavy atom. The molecular weight excluding hydrogens is 320 g/mol. The summed E-state index contributed by atoms with van der Waals surface area (Å²) in [5, 5.41) is 0. The van der Waals surface area contributed by atoms with Crippen molar-refractivity contribution in [3.63, 3.8) is 0 Å². The second-order valence-corrected chi connectivity index (χ2v) is 8.69. The van der Waals surface area contributed by atoms with Crippen molar-refractivity contribution in [1.82, 2.24) is 0 Å². The molecule has 2 heteroatoms. The molecular formula is C24H28O2. The Morgan fingerprint density at radius 1 is 0.923 bits per heavy atom. The molecule has 3 rings (SSSR count). The van der Waals surface area contributed by atoms with Crippen LogP contribution >= 0.6 is 0 Å². The van der Waals surface area contributed by atoms with E-state index in [0.29, 0.717) is 5.75 Å². The van der Waals surface area contributed by atoms with Gasteiger partial charge in [-0.3, -0.25) is 4.79 Å². The molecule has 0 radical (unpaired) electrons. The van der Waals surface area contributed by atoms with Gasteiger partial charge in [0.25, 0.3) is 0 Å². The van der Waals surface area contributed by atoms with E-state index in [1.165, 1.54) is 35.6 Å². The number of carbonyl (C=O) groups is 1. The van der Waals surface area contributed by atoms with Crippen molar-refractivity contribution in [2.45, 2.75) is 58.8 Å². The molecule has 0 spiro atoms. The minimum atomic E-state index is -0.298. The van der Waals surface area contributed by atoms with Crippen molar-refractivity contribution in [1.29, 1.82) is 0 Å². The van der Waals surface area contributed by atoms with E-state index in [4.69, 9.17) is 4.74 Å². The number of allylic oxidation sites excluding steroid dienone is 1. The van der Waals surface area contributed by atoms with Gasteiger partial charge in [-0.05, 0) is 64.1 Å². The SMILES string of the molecule is CC(=O)Oc1ccc(C=C(C)c2ccc3c(c2)C(C)(C)CC3(C)C)cc1. The zero-order valence-electron chi connectivity index (χ0n) is 16.6. The van der Waals surface area contributed by atoms with E-state index < -0.39 is 0 Å². The van der Waals surface area contributed by atoms with Crippen LogP contribution < -0.4 is 4.74 Å². The van der Waals surface area contributed by atoms with Gasteiger partial charge in [-0.25, -0.2) is 0 Å². The highest BCUT2D eigenvalue weighted by Crippen LogP contribution is 2.49. The average Bonchev–Trinajstić information content (AvgIpc) is 2.73. The summed E-state index contributed by atoms with van der Waals surface area (Å²) < 4.78 is 5.09. The van der Waals surface area contributed by atoms with Gasteiger partial charge in [0.1, 0.15) is 5.75 Å². The summed E-state index contributed by atoms with van der Waals surface area (Å²) in [5.41, 5.74) is 6.98. The maximum Gasteiger partial charge on any atom is 0.308 e. The van der Waals surface area contributed by atoms with Gasteiger partial charge >= 0.3 is 5.97 Å². The fourth-order valence-electron chi connectivity index (χ4n) is 4.37. The van der Waals surface area contributed by atoms with Gasteiger partial charge < -0.3 is 4.74 Å². The van der Waals surface area contributed by atoms with Gasteiger partial charge in [0, 0.05) is 6.92 Å². The molecule has 136 valence electrons. The van der Waals surface area contributed by atoms with Crippen molar-refractivity contribution < 1.29 is 9.53 Å². The van der Waals surface area contributed by atoms with Crippen LogP contribution in [0.25, 0.3) is 11.6 Å². The molecule has 0 N–H and O–H groups in total. The van der Waals surface area contributed by atoms with Crippen LogP contribution in [0, 0.1) is 0 Å². The van der Waals surface area contributed by atoms with Gasteiger partial charge in [0.2, 0.25) is 0 Å². The number of ether oxygens (including phenoxy) is 1. The molecule has 1 aliphatic rings. The largest absolute Gasteiger partial charge is 0.427 e. The highest BCUT2D eigenvalue weighted by Gasteiger charge is 2.41. The molecule has 0 atom stereocenters. The first-order valence-electron chi connectivity index (χ1n) is 9.21. The van der Waals surface area contributed by atoms with Crippen LogP contribution in [0.15, 0.2) is 42.5 Å². The number of benzene rings is 2. The van der Waals surface area contributed by atoms with Gasteiger partial charge in [-0.15, -0.1) is 0 Å². The molecule has 1 aliphatic carbocycles. The van der Waals surface area contributed by atoms with Crippen LogP contribution in [0.3, 0.4) is 0 Å². The maximum absolute atomic E-state index is 11.0. The van der Waals surface area contributed by atoms with Crippen molar-refractivity contribution >= 4 is 17.6 Å². The van der Waals surface area contributed by atoms with E-state index in [9.17, 15) is 4.79 Å². The predicted octanol–water partition coefficient (Wildman–Crippen LogP) is 6.13. The first kappa shape index (κ1) is 18.4. The van der Waals surface area contributed by atoms with Crippen molar-refractivity contribution in [2.24, 2.45) is 0 Å². The summed E-state index contributed by atoms with van der Waals surface area (Å²) in [5.74, 6) is 0.280. The zero-order chi connectivity index (χ0) is 19.1. The lowest BCUT2D eigenvalue weighted by Gasteiger charge is -2.22. The molecule has 0 saturated carbocycles. The first-order chi connectivity index (χ1) is 12.1. The molecule has 0 saturated heterocycles. The summed E-state index contributed by atoms with van der Waals surface area (Å²) >= 11 is 0. The molecule has 0 bridgehead atoms. The Morgan fingerprint density at radius 2 is 1.54 bits per heavy atom. The fraction of sp³-hybridized carbons (Fsp3) is 0.375. The van der Waals surface area contributed by atoms with E-state index in [1.54, 1.807) is 0 Å². The maximum atomic E-state index is 11.0. The number of rotatable bonds is 3. The summed E-state index contributed by atoms with van der Waals surface area (Å²) in [7, 11) is 0. The van der Waals surface area contributed by atoms with Crippen LogP contribution in [0.4, 0.5) is 0 Å². The van der Waals surface area contributed by atoms with Crippen LogP contribution in [0.1, 0.15) is 70.2 Å². The summed E-state index contributed by atoms with van der Waals surface area (Å²) in [6.45, 7) is 12.9. The Labute approximate surface area is 156 Å². The lowest BCUT2D eigenvalue weighted by molar-refractivity contribution is -0.131. The summed E-state index contributed by atoms with van der Waals surface area (Å²) in [6, 6.07) is 14.5. The lowest BCUT2D eigenvalue weighted by Crippen LogP contribution is -2.17.